The van der Waals surface area contributed by atoms with E-state index in [4.69, 9.17) is 4.74 Å². The van der Waals surface area contributed by atoms with Crippen molar-refractivity contribution >= 4 is 5.69 Å². The molecule has 76 valence electrons. The van der Waals surface area contributed by atoms with Gasteiger partial charge in [0.25, 0.3) is 0 Å². The third-order valence-corrected chi connectivity index (χ3v) is 1.66. The number of hydrogen-bond donors (Lipinski definition) is 1. The molecule has 0 aliphatic carbocycles. The lowest BCUT2D eigenvalue weighted by Gasteiger charge is -2.05. The van der Waals surface area contributed by atoms with Gasteiger partial charge in [0.1, 0.15) is 5.82 Å². The molecule has 3 heteroatoms. The maximum absolute atomic E-state index is 12.5. The van der Waals surface area contributed by atoms with Crippen LogP contribution in [0.4, 0.5) is 10.1 Å². The Hall–Kier alpha value is -1.35. The Kier molecular flexibility index (Phi) is 4.72. The zero-order chi connectivity index (χ0) is 10.2. The fourth-order valence-electron chi connectivity index (χ4n) is 1.00. The van der Waals surface area contributed by atoms with E-state index in [1.807, 2.05) is 0 Å². The van der Waals surface area contributed by atoms with Gasteiger partial charge in [-0.2, -0.15) is 0 Å². The van der Waals surface area contributed by atoms with E-state index >= 15 is 0 Å². The summed E-state index contributed by atoms with van der Waals surface area (Å²) in [7, 11) is 0. The third kappa shape index (κ3) is 4.05. The standard InChI is InChI=1S/C11H14FNO/c1-2-8-14-9-7-13-11-5-3-10(12)4-6-11/h2-6,13H,1,7-9H2. The highest BCUT2D eigenvalue weighted by atomic mass is 19.1. The molecule has 0 bridgehead atoms. The second-order valence-electron chi connectivity index (χ2n) is 2.80. The first kappa shape index (κ1) is 10.7. The molecule has 1 aromatic rings. The first-order valence-electron chi connectivity index (χ1n) is 4.51. The van der Waals surface area contributed by atoms with Crippen LogP contribution in [0.5, 0.6) is 0 Å². The number of halogens is 1. The highest BCUT2D eigenvalue weighted by Crippen LogP contribution is 2.07. The van der Waals surface area contributed by atoms with E-state index in [-0.39, 0.29) is 5.82 Å². The minimum absolute atomic E-state index is 0.224. The van der Waals surface area contributed by atoms with Crippen LogP contribution in [0.1, 0.15) is 0 Å². The summed E-state index contributed by atoms with van der Waals surface area (Å²) in [4.78, 5) is 0. The second kappa shape index (κ2) is 6.16. The molecule has 0 atom stereocenters. The molecule has 0 radical (unpaired) electrons. The van der Waals surface area contributed by atoms with Crippen LogP contribution in [0.2, 0.25) is 0 Å². The zero-order valence-corrected chi connectivity index (χ0v) is 8.00. The lowest BCUT2D eigenvalue weighted by molar-refractivity contribution is 0.173. The van der Waals surface area contributed by atoms with Crippen molar-refractivity contribution in [2.45, 2.75) is 0 Å². The fourth-order valence-corrected chi connectivity index (χ4v) is 1.00. The lowest BCUT2D eigenvalue weighted by Crippen LogP contribution is -2.09. The van der Waals surface area contributed by atoms with Crippen LogP contribution >= 0.6 is 0 Å². The average molecular weight is 195 g/mol. The number of benzene rings is 1. The van der Waals surface area contributed by atoms with E-state index in [0.29, 0.717) is 19.8 Å². The summed E-state index contributed by atoms with van der Waals surface area (Å²) in [5.41, 5.74) is 0.897. The minimum atomic E-state index is -0.224. The van der Waals surface area contributed by atoms with Gasteiger partial charge in [-0.3, -0.25) is 0 Å². The largest absolute Gasteiger partial charge is 0.383 e. The Balaban J connectivity index is 2.18. The van der Waals surface area contributed by atoms with Crippen molar-refractivity contribution in [2.24, 2.45) is 0 Å². The van der Waals surface area contributed by atoms with E-state index in [1.165, 1.54) is 12.1 Å². The topological polar surface area (TPSA) is 21.3 Å². The van der Waals surface area contributed by atoms with Gasteiger partial charge in [0.05, 0.1) is 13.2 Å². The predicted octanol–water partition coefficient (Wildman–Crippen LogP) is 2.44. The lowest BCUT2D eigenvalue weighted by atomic mass is 10.3. The predicted molar refractivity (Wildman–Crippen MR) is 55.9 cm³/mol. The summed E-state index contributed by atoms with van der Waals surface area (Å²) < 4.78 is 17.7. The van der Waals surface area contributed by atoms with Crippen molar-refractivity contribution in [2.75, 3.05) is 25.1 Å². The number of rotatable bonds is 6. The molecular weight excluding hydrogens is 181 g/mol. The number of ether oxygens (including phenoxy) is 1. The SMILES string of the molecule is C=CCOCCNc1ccc(F)cc1. The Morgan fingerprint density at radius 2 is 2.07 bits per heavy atom. The molecule has 1 aromatic carbocycles. The molecule has 0 aromatic heterocycles. The van der Waals surface area contributed by atoms with Crippen molar-refractivity contribution in [1.29, 1.82) is 0 Å². The summed E-state index contributed by atoms with van der Waals surface area (Å²) in [5, 5.41) is 3.10. The number of anilines is 1. The van der Waals surface area contributed by atoms with E-state index in [0.717, 1.165) is 5.69 Å². The highest BCUT2D eigenvalue weighted by molar-refractivity contribution is 5.42. The maximum Gasteiger partial charge on any atom is 0.123 e. The molecule has 0 spiro atoms. The van der Waals surface area contributed by atoms with Crippen LogP contribution in [-0.2, 0) is 4.74 Å². The van der Waals surface area contributed by atoms with Crippen LogP contribution in [0.25, 0.3) is 0 Å². The van der Waals surface area contributed by atoms with E-state index in [2.05, 4.69) is 11.9 Å². The van der Waals surface area contributed by atoms with Gasteiger partial charge in [0.15, 0.2) is 0 Å². The van der Waals surface area contributed by atoms with Crippen LogP contribution in [0.15, 0.2) is 36.9 Å². The van der Waals surface area contributed by atoms with Crippen molar-refractivity contribution in [3.8, 4) is 0 Å². The summed E-state index contributed by atoms with van der Waals surface area (Å²) in [5.74, 6) is -0.224. The van der Waals surface area contributed by atoms with Gasteiger partial charge >= 0.3 is 0 Å². The van der Waals surface area contributed by atoms with Gasteiger partial charge in [0, 0.05) is 12.2 Å². The third-order valence-electron chi connectivity index (χ3n) is 1.66. The molecule has 14 heavy (non-hydrogen) atoms. The van der Waals surface area contributed by atoms with E-state index in [1.54, 1.807) is 18.2 Å². The molecule has 0 saturated carbocycles. The molecule has 0 aliphatic heterocycles. The second-order valence-corrected chi connectivity index (χ2v) is 2.80. The Morgan fingerprint density at radius 3 is 2.71 bits per heavy atom. The molecule has 0 unspecified atom stereocenters. The number of hydrogen-bond acceptors (Lipinski definition) is 2. The highest BCUT2D eigenvalue weighted by Gasteiger charge is 1.91. The van der Waals surface area contributed by atoms with Gasteiger partial charge in [-0.25, -0.2) is 4.39 Å². The van der Waals surface area contributed by atoms with Gasteiger partial charge < -0.3 is 10.1 Å². The van der Waals surface area contributed by atoms with Crippen LogP contribution < -0.4 is 5.32 Å². The quantitative estimate of drug-likeness (QED) is 0.556. The molecule has 0 heterocycles. The fraction of sp³-hybridized carbons (Fsp3) is 0.273. The average Bonchev–Trinajstić information content (AvgIpc) is 2.21. The van der Waals surface area contributed by atoms with Gasteiger partial charge in [-0.05, 0) is 24.3 Å². The van der Waals surface area contributed by atoms with Crippen molar-refractivity contribution < 1.29 is 9.13 Å². The smallest absolute Gasteiger partial charge is 0.123 e. The Morgan fingerprint density at radius 1 is 1.36 bits per heavy atom. The van der Waals surface area contributed by atoms with Crippen molar-refractivity contribution in [3.05, 3.63) is 42.7 Å². The first-order valence-corrected chi connectivity index (χ1v) is 4.51. The van der Waals surface area contributed by atoms with Gasteiger partial charge in [-0.15, -0.1) is 6.58 Å². The molecule has 0 fully saturated rings. The van der Waals surface area contributed by atoms with Crippen LogP contribution in [0, 0.1) is 5.82 Å². The van der Waals surface area contributed by atoms with E-state index in [9.17, 15) is 4.39 Å². The van der Waals surface area contributed by atoms with Crippen molar-refractivity contribution in [3.63, 3.8) is 0 Å². The Bertz CT molecular complexity index is 271. The first-order chi connectivity index (χ1) is 6.83. The summed E-state index contributed by atoms with van der Waals surface area (Å²) in [6.07, 6.45) is 1.71. The normalized spacial score (nSPS) is 9.79. The van der Waals surface area contributed by atoms with Crippen LogP contribution in [0.3, 0.4) is 0 Å². The van der Waals surface area contributed by atoms with Gasteiger partial charge in [-0.1, -0.05) is 6.08 Å². The molecule has 2 nitrogen and oxygen atoms in total. The molecule has 1 N–H and O–H groups in total. The summed E-state index contributed by atoms with van der Waals surface area (Å²) >= 11 is 0. The Labute approximate surface area is 83.4 Å². The maximum atomic E-state index is 12.5. The monoisotopic (exact) mass is 195 g/mol. The molecule has 0 amide bonds. The van der Waals surface area contributed by atoms with Crippen LogP contribution in [-0.4, -0.2) is 19.8 Å². The molecule has 0 saturated heterocycles. The summed E-state index contributed by atoms with van der Waals surface area (Å²) in [6.45, 7) is 5.42. The molecule has 0 aliphatic rings. The molecular formula is C11H14FNO. The minimum Gasteiger partial charge on any atom is -0.383 e. The molecule has 1 rings (SSSR count). The zero-order valence-electron chi connectivity index (χ0n) is 8.00. The van der Waals surface area contributed by atoms with Gasteiger partial charge in [0.2, 0.25) is 0 Å². The number of nitrogens with one attached hydrogen (secondary N) is 1. The van der Waals surface area contributed by atoms with Crippen molar-refractivity contribution in [1.82, 2.24) is 0 Å². The van der Waals surface area contributed by atoms with E-state index < -0.39 is 0 Å². The summed E-state index contributed by atoms with van der Waals surface area (Å²) in [6, 6.07) is 6.24.